The first-order chi connectivity index (χ1) is 20.8. The van der Waals surface area contributed by atoms with Gasteiger partial charge in [0.25, 0.3) is 11.8 Å². The van der Waals surface area contributed by atoms with Gasteiger partial charge >= 0.3 is 0 Å². The quantitative estimate of drug-likeness (QED) is 0.130. The van der Waals surface area contributed by atoms with Gasteiger partial charge in [0.15, 0.2) is 0 Å². The van der Waals surface area contributed by atoms with Gasteiger partial charge in [-0.15, -0.1) is 0 Å². The summed E-state index contributed by atoms with van der Waals surface area (Å²) in [6.07, 6.45) is 6.28. The highest BCUT2D eigenvalue weighted by Gasteiger charge is 2.23. The molecule has 0 aromatic heterocycles. The van der Waals surface area contributed by atoms with Crippen molar-refractivity contribution in [2.24, 2.45) is 11.7 Å². The summed E-state index contributed by atoms with van der Waals surface area (Å²) in [4.78, 5) is 41.0. The van der Waals surface area contributed by atoms with Gasteiger partial charge in [0.1, 0.15) is 0 Å². The molecule has 8 nitrogen and oxygen atoms in total. The van der Waals surface area contributed by atoms with Crippen LogP contribution in [0.2, 0.25) is 0 Å². The van der Waals surface area contributed by atoms with Crippen molar-refractivity contribution in [3.63, 3.8) is 0 Å². The smallest absolute Gasteiger partial charge is 0.265 e. The summed E-state index contributed by atoms with van der Waals surface area (Å²) in [5, 5.41) is 6.88. The number of nitrogens with one attached hydrogen (secondary N) is 2. The van der Waals surface area contributed by atoms with Crippen LogP contribution in [0.4, 0.5) is 0 Å². The zero-order valence-corrected chi connectivity index (χ0v) is 25.8. The van der Waals surface area contributed by atoms with Crippen molar-refractivity contribution in [2.75, 3.05) is 26.7 Å². The molecule has 1 unspecified atom stereocenters. The molecular formula is C35H47N5O3. The van der Waals surface area contributed by atoms with Crippen molar-refractivity contribution < 1.29 is 14.4 Å². The van der Waals surface area contributed by atoms with Crippen LogP contribution in [0.15, 0.2) is 84.9 Å². The largest absolute Gasteiger partial charge is 0.338 e. The molecule has 1 atom stereocenters. The van der Waals surface area contributed by atoms with E-state index in [1.54, 1.807) is 11.9 Å². The molecule has 3 aromatic carbocycles. The number of likely N-dealkylation sites (N-methyl/N-ethyl adjacent to an activating group) is 1. The summed E-state index contributed by atoms with van der Waals surface area (Å²) in [6, 6.07) is 23.9. The predicted octanol–water partition coefficient (Wildman–Crippen LogP) is 4.59. The van der Waals surface area contributed by atoms with Crippen LogP contribution in [-0.4, -0.2) is 60.4 Å². The normalized spacial score (nSPS) is 12.0. The Balaban J connectivity index is 1.61. The van der Waals surface area contributed by atoms with Crippen LogP contribution >= 0.6 is 0 Å². The highest BCUT2D eigenvalue weighted by Crippen LogP contribution is 2.19. The van der Waals surface area contributed by atoms with E-state index in [1.165, 1.54) is 22.7 Å². The Labute approximate surface area is 256 Å². The maximum atomic E-state index is 13.4. The highest BCUT2D eigenvalue weighted by molar-refractivity contribution is 5.97. The number of amides is 3. The Morgan fingerprint density at radius 2 is 1.56 bits per heavy atom. The predicted molar refractivity (Wildman–Crippen MR) is 174 cm³/mol. The number of nitrogens with two attached hydrogens (primary N) is 1. The van der Waals surface area contributed by atoms with E-state index < -0.39 is 11.9 Å². The number of fused-ring (bicyclic) bond motifs is 1. The third kappa shape index (κ3) is 11.3. The van der Waals surface area contributed by atoms with E-state index in [9.17, 15) is 14.4 Å². The molecule has 8 heteroatoms. The molecule has 43 heavy (non-hydrogen) atoms. The standard InChI is InChI=1S/C35H47N5O3/c1-27(2)25-32(37-23-12-15-28-13-5-4-6-14-28)35(43)38-40(24-10-9-22-36)34(42)21-20-33(41)39(3)26-30-18-11-17-29-16-7-8-19-31(29)30/h4-8,11,13-14,16-21,27,32,37H,9-10,12,15,22-26,36H2,1-3H3,(H,38,43)/b21-20+. The summed E-state index contributed by atoms with van der Waals surface area (Å²) in [5.41, 5.74) is 10.8. The van der Waals surface area contributed by atoms with Gasteiger partial charge in [-0.05, 0) is 73.0 Å². The average Bonchev–Trinajstić information content (AvgIpc) is 3.01. The first kappa shape index (κ1) is 33.5. The number of rotatable bonds is 16. The molecule has 0 aliphatic carbocycles. The molecule has 0 aliphatic rings. The van der Waals surface area contributed by atoms with E-state index in [4.69, 9.17) is 5.73 Å². The molecule has 230 valence electrons. The van der Waals surface area contributed by atoms with Crippen LogP contribution in [-0.2, 0) is 27.3 Å². The van der Waals surface area contributed by atoms with Gasteiger partial charge in [0, 0.05) is 32.3 Å². The van der Waals surface area contributed by atoms with E-state index in [2.05, 4.69) is 36.7 Å². The fourth-order valence-electron chi connectivity index (χ4n) is 4.94. The third-order valence-electron chi connectivity index (χ3n) is 7.28. The molecule has 0 aliphatic heterocycles. The zero-order chi connectivity index (χ0) is 31.0. The van der Waals surface area contributed by atoms with E-state index >= 15 is 0 Å². The number of carbonyl (C=O) groups excluding carboxylic acids is 3. The molecular weight excluding hydrogens is 538 g/mol. The highest BCUT2D eigenvalue weighted by atomic mass is 16.2. The molecule has 3 amide bonds. The van der Waals surface area contributed by atoms with Gasteiger partial charge in [-0.3, -0.25) is 24.8 Å². The molecule has 0 spiro atoms. The van der Waals surface area contributed by atoms with Crippen LogP contribution in [0, 0.1) is 5.92 Å². The SMILES string of the molecule is CC(C)CC(NCCCc1ccccc1)C(=O)NN(CCCCN)C(=O)/C=C/C(=O)N(C)Cc1cccc2ccccc12. The Morgan fingerprint density at radius 3 is 2.30 bits per heavy atom. The van der Waals surface area contributed by atoms with Gasteiger partial charge in [-0.2, -0.15) is 0 Å². The minimum atomic E-state index is -0.454. The number of nitrogens with zero attached hydrogens (tertiary/aromatic N) is 2. The molecule has 3 rings (SSSR count). The molecule has 4 N–H and O–H groups in total. The summed E-state index contributed by atoms with van der Waals surface area (Å²) in [7, 11) is 1.71. The lowest BCUT2D eigenvalue weighted by Gasteiger charge is -2.26. The van der Waals surface area contributed by atoms with Crippen molar-refractivity contribution in [2.45, 2.75) is 58.5 Å². The number of unbranched alkanes of at least 4 members (excludes halogenated alkanes) is 1. The van der Waals surface area contributed by atoms with Gasteiger partial charge < -0.3 is 16.0 Å². The Bertz CT molecular complexity index is 1340. The maximum absolute atomic E-state index is 13.4. The van der Waals surface area contributed by atoms with Gasteiger partial charge in [-0.25, -0.2) is 0 Å². The Hall–Kier alpha value is -4.01. The number of aryl methyl sites for hydroxylation is 1. The first-order valence-electron chi connectivity index (χ1n) is 15.3. The molecule has 3 aromatic rings. The monoisotopic (exact) mass is 585 g/mol. The first-order valence-corrected chi connectivity index (χ1v) is 15.3. The Morgan fingerprint density at radius 1 is 0.860 bits per heavy atom. The molecule has 0 saturated heterocycles. The molecule has 0 bridgehead atoms. The number of carbonyl (C=O) groups is 3. The number of hydrogen-bond donors (Lipinski definition) is 3. The van der Waals surface area contributed by atoms with Crippen LogP contribution in [0.5, 0.6) is 0 Å². The number of hydrogen-bond acceptors (Lipinski definition) is 5. The van der Waals surface area contributed by atoms with E-state index in [-0.39, 0.29) is 17.7 Å². The number of hydrazine groups is 1. The lowest BCUT2D eigenvalue weighted by molar-refractivity contribution is -0.139. The van der Waals surface area contributed by atoms with Crippen molar-refractivity contribution >= 4 is 28.5 Å². The Kier molecular flexibility index (Phi) is 13.9. The average molecular weight is 586 g/mol. The molecule has 0 radical (unpaired) electrons. The summed E-state index contributed by atoms with van der Waals surface area (Å²) in [5.74, 6) is -0.729. The van der Waals surface area contributed by atoms with Gasteiger partial charge in [0.05, 0.1) is 6.04 Å². The lowest BCUT2D eigenvalue weighted by Crippen LogP contribution is -2.53. The fraction of sp³-hybridized carbons (Fsp3) is 0.400. The van der Waals surface area contributed by atoms with E-state index in [0.717, 1.165) is 29.2 Å². The van der Waals surface area contributed by atoms with Crippen molar-refractivity contribution in [1.29, 1.82) is 0 Å². The summed E-state index contributed by atoms with van der Waals surface area (Å²) in [6.45, 7) is 6.01. The maximum Gasteiger partial charge on any atom is 0.265 e. The summed E-state index contributed by atoms with van der Waals surface area (Å²) < 4.78 is 0. The van der Waals surface area contributed by atoms with E-state index in [0.29, 0.717) is 45.4 Å². The number of benzene rings is 3. The second kappa shape index (κ2) is 17.8. The van der Waals surface area contributed by atoms with Crippen LogP contribution in [0.3, 0.4) is 0 Å². The zero-order valence-electron chi connectivity index (χ0n) is 25.8. The summed E-state index contributed by atoms with van der Waals surface area (Å²) >= 11 is 0. The van der Waals surface area contributed by atoms with Crippen LogP contribution in [0.25, 0.3) is 10.8 Å². The van der Waals surface area contributed by atoms with Crippen molar-refractivity contribution in [3.05, 3.63) is 96.1 Å². The van der Waals surface area contributed by atoms with Crippen LogP contribution < -0.4 is 16.5 Å². The van der Waals surface area contributed by atoms with Crippen molar-refractivity contribution in [1.82, 2.24) is 20.7 Å². The van der Waals surface area contributed by atoms with Gasteiger partial charge in [0.2, 0.25) is 5.91 Å². The molecule has 0 heterocycles. The van der Waals surface area contributed by atoms with Gasteiger partial charge in [-0.1, -0.05) is 86.6 Å². The lowest BCUT2D eigenvalue weighted by atomic mass is 10.0. The topological polar surface area (TPSA) is 108 Å². The third-order valence-corrected chi connectivity index (χ3v) is 7.28. The molecule has 0 fully saturated rings. The van der Waals surface area contributed by atoms with E-state index in [1.807, 2.05) is 60.7 Å². The fourth-order valence-corrected chi connectivity index (χ4v) is 4.94. The molecule has 0 saturated carbocycles. The van der Waals surface area contributed by atoms with Crippen LogP contribution in [0.1, 0.15) is 50.7 Å². The minimum Gasteiger partial charge on any atom is -0.338 e. The van der Waals surface area contributed by atoms with Crippen molar-refractivity contribution in [3.8, 4) is 0 Å². The minimum absolute atomic E-state index is 0.262. The second-order valence-corrected chi connectivity index (χ2v) is 11.4. The second-order valence-electron chi connectivity index (χ2n) is 11.4.